The van der Waals surface area contributed by atoms with Gasteiger partial charge in [-0.05, 0) is 0 Å². The smallest absolute Gasteiger partial charge is 0.812 e. The minimum Gasteiger partial charge on any atom is -0.812 e. The van der Waals surface area contributed by atoms with Gasteiger partial charge in [0.2, 0.25) is 0 Å². The summed E-state index contributed by atoms with van der Waals surface area (Å²) in [5, 5.41) is 0. The van der Waals surface area contributed by atoms with Crippen molar-refractivity contribution in [3.8, 4) is 0 Å². The Balaban J connectivity index is -0.0000000800. The maximum absolute atomic E-state index is 9.03. The van der Waals surface area contributed by atoms with E-state index in [1.54, 1.807) is 0 Å². The topological polar surface area (TPSA) is 66.3 Å². The Bertz CT molecular complexity index is 59.1. The van der Waals surface area contributed by atoms with Gasteiger partial charge < -0.3 is 14.7 Å². The van der Waals surface area contributed by atoms with Gasteiger partial charge in [-0.1, -0.05) is 6.72 Å². The molecule has 0 aromatic rings. The molecule has 0 saturated carbocycles. The van der Waals surface area contributed by atoms with Gasteiger partial charge in [0.1, 0.15) is 0 Å². The zero-order valence-electron chi connectivity index (χ0n) is 4.12. The van der Waals surface area contributed by atoms with E-state index < -0.39 is 6.72 Å². The van der Waals surface area contributed by atoms with Crippen LogP contribution in [0.5, 0.6) is 0 Å². The molecule has 0 fully saturated rings. The third-order valence-electron chi connectivity index (χ3n) is 0. The van der Waals surface area contributed by atoms with E-state index in [1.165, 1.54) is 0 Å². The van der Waals surface area contributed by atoms with Gasteiger partial charge >= 0.3 is 59.1 Å². The predicted molar refractivity (Wildman–Crippen MR) is 16.5 cm³/mol. The molecule has 0 rings (SSSR count). The van der Waals surface area contributed by atoms with Crippen LogP contribution < -0.4 is 68.9 Å². The Kier molecular flexibility index (Phi) is 15.4. The fourth-order valence-electron chi connectivity index (χ4n) is 0. The average Bonchev–Trinajstić information content (AvgIpc) is 0.722. The monoisotopic (exact) mass is 158 g/mol. The first-order valence-electron chi connectivity index (χ1n) is 0.748. The van der Waals surface area contributed by atoms with Gasteiger partial charge in [-0.2, -0.15) is 0 Å². The molecular formula is HNa2O3PS. The molecule has 7 heavy (non-hydrogen) atoms. The van der Waals surface area contributed by atoms with E-state index in [2.05, 4.69) is 11.8 Å². The molecule has 0 radical (unpaired) electrons. The standard InChI is InChI=1S/2Na.H3O3PS/c;;1-4(2,3)5/h;;(H3,1,2,3,5)/q2*+1;/p-2. The normalized spacial score (nSPS) is 8.43. The van der Waals surface area contributed by atoms with Crippen LogP contribution in [0.25, 0.3) is 0 Å². The molecule has 1 N–H and O–H groups in total. The van der Waals surface area contributed by atoms with Gasteiger partial charge in [-0.25, -0.2) is 0 Å². The summed E-state index contributed by atoms with van der Waals surface area (Å²) in [6, 6.07) is 0. The maximum atomic E-state index is 9.03. The minimum atomic E-state index is -4.31. The number of hydrogen-bond donors (Lipinski definition) is 1. The van der Waals surface area contributed by atoms with E-state index in [1.807, 2.05) is 0 Å². The van der Waals surface area contributed by atoms with Crippen molar-refractivity contribution in [3.63, 3.8) is 0 Å². The second kappa shape index (κ2) is 6.65. The van der Waals surface area contributed by atoms with Crippen LogP contribution in [0.4, 0.5) is 0 Å². The van der Waals surface area contributed by atoms with Crippen molar-refractivity contribution in [2.24, 2.45) is 0 Å². The molecule has 0 atom stereocenters. The second-order valence-electron chi connectivity index (χ2n) is 0.469. The first-order valence-corrected chi connectivity index (χ1v) is 3.34. The second-order valence-corrected chi connectivity index (χ2v) is 2.79. The Labute approximate surface area is 91.0 Å². The van der Waals surface area contributed by atoms with Crippen LogP contribution in [0.2, 0.25) is 0 Å². The van der Waals surface area contributed by atoms with Gasteiger partial charge in [-0.3, -0.25) is 0 Å². The van der Waals surface area contributed by atoms with Gasteiger partial charge in [0.25, 0.3) is 0 Å². The largest absolute Gasteiger partial charge is 1.00 e. The van der Waals surface area contributed by atoms with E-state index >= 15 is 0 Å². The van der Waals surface area contributed by atoms with Gasteiger partial charge in [0.15, 0.2) is 0 Å². The average molecular weight is 158 g/mol. The van der Waals surface area contributed by atoms with E-state index in [9.17, 15) is 0 Å². The van der Waals surface area contributed by atoms with Crippen LogP contribution >= 0.6 is 6.72 Å². The number of hydrogen-bond acceptors (Lipinski definition) is 3. The molecule has 3 nitrogen and oxygen atoms in total. The minimum absolute atomic E-state index is 0. The Morgan fingerprint density at radius 1 is 1.29 bits per heavy atom. The first-order chi connectivity index (χ1) is 2.00. The van der Waals surface area contributed by atoms with E-state index in [4.69, 9.17) is 14.7 Å². The molecule has 0 unspecified atom stereocenters. The molecule has 7 heteroatoms. The van der Waals surface area contributed by atoms with Gasteiger partial charge in [-0.15, -0.1) is 11.8 Å². The van der Waals surface area contributed by atoms with Crippen molar-refractivity contribution in [2.45, 2.75) is 0 Å². The maximum Gasteiger partial charge on any atom is 1.00 e. The Morgan fingerprint density at radius 3 is 1.29 bits per heavy atom. The molecule has 0 heterocycles. The summed E-state index contributed by atoms with van der Waals surface area (Å²) in [5.74, 6) is 0. The van der Waals surface area contributed by atoms with Crippen LogP contribution in [0, 0.1) is 0 Å². The molecule has 0 aliphatic rings. The summed E-state index contributed by atoms with van der Waals surface area (Å²) < 4.78 is 0. The summed E-state index contributed by atoms with van der Waals surface area (Å²) >= 11 is 3.38. The van der Waals surface area contributed by atoms with Gasteiger partial charge in [0, 0.05) is 0 Å². The summed E-state index contributed by atoms with van der Waals surface area (Å²) in [7, 11) is 0. The Hall–Kier alpha value is 2.53. The first kappa shape index (κ1) is 16.3. The molecule has 0 bridgehead atoms. The van der Waals surface area contributed by atoms with E-state index in [0.717, 1.165) is 0 Å². The van der Waals surface area contributed by atoms with Crippen LogP contribution in [-0.2, 0) is 11.8 Å². The van der Waals surface area contributed by atoms with Crippen LogP contribution in [0.15, 0.2) is 0 Å². The van der Waals surface area contributed by atoms with Crippen molar-refractivity contribution >= 4 is 18.5 Å². The molecule has 0 aliphatic heterocycles. The summed E-state index contributed by atoms with van der Waals surface area (Å²) in [5.41, 5.74) is 0. The number of rotatable bonds is 0. The summed E-state index contributed by atoms with van der Waals surface area (Å²) in [4.78, 5) is 25.4. The quantitative estimate of drug-likeness (QED) is 0.281. The van der Waals surface area contributed by atoms with Crippen molar-refractivity contribution in [2.75, 3.05) is 0 Å². The van der Waals surface area contributed by atoms with Crippen LogP contribution in [0.1, 0.15) is 0 Å². The van der Waals surface area contributed by atoms with Crippen LogP contribution in [0.3, 0.4) is 0 Å². The molecule has 32 valence electrons. The van der Waals surface area contributed by atoms with E-state index in [-0.39, 0.29) is 59.1 Å². The third kappa shape index (κ3) is 56.8. The van der Waals surface area contributed by atoms with Crippen LogP contribution in [-0.4, -0.2) is 4.89 Å². The zero-order valence-corrected chi connectivity index (χ0v) is 9.83. The molecule has 0 aromatic heterocycles. The molecule has 0 saturated heterocycles. The van der Waals surface area contributed by atoms with Crippen molar-refractivity contribution in [1.29, 1.82) is 0 Å². The molecular weight excluding hydrogens is 157 g/mol. The SMILES string of the molecule is [Na+].[Na+].[O-]P([O-])(O)=S. The molecule has 0 amide bonds. The van der Waals surface area contributed by atoms with E-state index in [0.29, 0.717) is 0 Å². The summed E-state index contributed by atoms with van der Waals surface area (Å²) in [6.45, 7) is -4.31. The molecule has 0 spiro atoms. The molecule has 0 aliphatic carbocycles. The van der Waals surface area contributed by atoms with Crippen molar-refractivity contribution in [3.05, 3.63) is 0 Å². The molecule has 0 aromatic carbocycles. The van der Waals surface area contributed by atoms with Crippen molar-refractivity contribution in [1.82, 2.24) is 0 Å². The fourth-order valence-corrected chi connectivity index (χ4v) is 0. The van der Waals surface area contributed by atoms with Gasteiger partial charge in [0.05, 0.1) is 0 Å². The zero-order chi connectivity index (χ0) is 4.50. The predicted octanol–water partition coefficient (Wildman–Crippen LogP) is -8.07. The summed E-state index contributed by atoms with van der Waals surface area (Å²) in [6.07, 6.45) is 0. The van der Waals surface area contributed by atoms with Crippen molar-refractivity contribution < 1.29 is 73.8 Å². The Morgan fingerprint density at radius 2 is 1.29 bits per heavy atom. The fraction of sp³-hybridized carbons (Fsp3) is 0. The third-order valence-corrected chi connectivity index (χ3v) is 0.